The number of ketones is 1. The Kier molecular flexibility index (Phi) is 4.67. The normalized spacial score (nSPS) is 33.5. The third-order valence-electron chi connectivity index (χ3n) is 5.91. The van der Waals surface area contributed by atoms with Crippen molar-refractivity contribution in [3.63, 3.8) is 0 Å². The molecule has 0 aliphatic heterocycles. The van der Waals surface area contributed by atoms with Crippen molar-refractivity contribution in [1.82, 2.24) is 0 Å². The Hall–Kier alpha value is -1.15. The zero-order valence-electron chi connectivity index (χ0n) is 13.6. The second-order valence-corrected chi connectivity index (χ2v) is 7.52. The van der Waals surface area contributed by atoms with E-state index < -0.39 is 5.60 Å². The van der Waals surface area contributed by atoms with Crippen molar-refractivity contribution < 1.29 is 9.90 Å². The maximum Gasteiger partial charge on any atom is 0.169 e. The number of Topliss-reactive ketones (excluding diaryl/α,β-unsaturated/α-hetero) is 1. The molecule has 1 aromatic rings. The number of carbonyl (C=O) groups is 1. The van der Waals surface area contributed by atoms with Crippen molar-refractivity contribution >= 4 is 5.78 Å². The number of carbonyl (C=O) groups excluding carboxylic acids is 1. The van der Waals surface area contributed by atoms with Crippen LogP contribution in [0.2, 0.25) is 0 Å². The Morgan fingerprint density at radius 1 is 1.05 bits per heavy atom. The monoisotopic (exact) mass is 300 g/mol. The summed E-state index contributed by atoms with van der Waals surface area (Å²) in [4.78, 5) is 13.1. The largest absolute Gasteiger partial charge is 0.389 e. The van der Waals surface area contributed by atoms with Crippen molar-refractivity contribution in [1.29, 1.82) is 0 Å². The highest BCUT2D eigenvalue weighted by Crippen LogP contribution is 2.46. The lowest BCUT2D eigenvalue weighted by molar-refractivity contribution is -0.0606. The minimum absolute atomic E-state index is 0.154. The summed E-state index contributed by atoms with van der Waals surface area (Å²) < 4.78 is 0. The molecule has 120 valence electrons. The predicted molar refractivity (Wildman–Crippen MR) is 88.8 cm³/mol. The molecule has 2 aliphatic carbocycles. The van der Waals surface area contributed by atoms with Crippen LogP contribution in [0.1, 0.15) is 68.6 Å². The van der Waals surface area contributed by atoms with Gasteiger partial charge in [0.15, 0.2) is 5.78 Å². The van der Waals surface area contributed by atoms with E-state index in [1.54, 1.807) is 0 Å². The molecule has 0 heterocycles. The average molecular weight is 300 g/mol. The highest BCUT2D eigenvalue weighted by molar-refractivity contribution is 5.98. The lowest BCUT2D eigenvalue weighted by atomic mass is 9.61. The van der Waals surface area contributed by atoms with Crippen LogP contribution in [-0.2, 0) is 0 Å². The summed E-state index contributed by atoms with van der Waals surface area (Å²) in [5.41, 5.74) is -0.0942. The first kappa shape index (κ1) is 15.7. The Morgan fingerprint density at radius 2 is 1.73 bits per heavy atom. The zero-order chi connectivity index (χ0) is 15.6. The topological polar surface area (TPSA) is 37.3 Å². The average Bonchev–Trinajstić information content (AvgIpc) is 2.55. The molecule has 0 radical (unpaired) electrons. The highest BCUT2D eigenvalue weighted by Gasteiger charge is 2.47. The Morgan fingerprint density at radius 3 is 2.41 bits per heavy atom. The van der Waals surface area contributed by atoms with Crippen LogP contribution in [0.5, 0.6) is 0 Å². The van der Waals surface area contributed by atoms with Crippen LogP contribution >= 0.6 is 0 Å². The van der Waals surface area contributed by atoms with Crippen molar-refractivity contribution in [2.45, 2.75) is 63.9 Å². The third kappa shape index (κ3) is 3.12. The minimum atomic E-state index is -0.854. The van der Waals surface area contributed by atoms with Gasteiger partial charge >= 0.3 is 0 Å². The maximum absolute atomic E-state index is 13.1. The molecule has 22 heavy (non-hydrogen) atoms. The molecule has 2 aliphatic rings. The predicted octanol–water partition coefficient (Wildman–Crippen LogP) is 4.62. The van der Waals surface area contributed by atoms with Crippen molar-refractivity contribution in [3.8, 4) is 0 Å². The first-order valence-corrected chi connectivity index (χ1v) is 8.91. The molecule has 2 nitrogen and oxygen atoms in total. The van der Waals surface area contributed by atoms with Gasteiger partial charge in [0.25, 0.3) is 0 Å². The summed E-state index contributed by atoms with van der Waals surface area (Å²) >= 11 is 0. The van der Waals surface area contributed by atoms with Gasteiger partial charge < -0.3 is 5.11 Å². The smallest absolute Gasteiger partial charge is 0.169 e. The van der Waals surface area contributed by atoms with Crippen molar-refractivity contribution in [3.05, 3.63) is 35.9 Å². The fourth-order valence-corrected chi connectivity index (χ4v) is 4.81. The SMILES string of the molecule is C[C@@]1(O)CCC[C@@H](C2CCCCC2)[C@@H]1C(=O)c1ccccc1. The molecule has 0 spiro atoms. The molecular formula is C20H28O2. The molecule has 0 saturated heterocycles. The summed E-state index contributed by atoms with van der Waals surface area (Å²) in [5, 5.41) is 10.9. The lowest BCUT2D eigenvalue weighted by Gasteiger charge is -2.46. The molecule has 3 rings (SSSR count). The molecule has 0 aromatic heterocycles. The van der Waals surface area contributed by atoms with E-state index in [0.717, 1.165) is 24.8 Å². The van der Waals surface area contributed by atoms with Crippen LogP contribution in [0.3, 0.4) is 0 Å². The van der Waals surface area contributed by atoms with Gasteiger partial charge in [0.1, 0.15) is 0 Å². The van der Waals surface area contributed by atoms with E-state index in [1.165, 1.54) is 32.1 Å². The van der Waals surface area contributed by atoms with E-state index in [1.807, 2.05) is 37.3 Å². The Balaban J connectivity index is 1.88. The fourth-order valence-electron chi connectivity index (χ4n) is 4.81. The summed E-state index contributed by atoms with van der Waals surface area (Å²) in [6.07, 6.45) is 9.27. The number of benzene rings is 1. The van der Waals surface area contributed by atoms with Crippen LogP contribution < -0.4 is 0 Å². The Labute approximate surface area is 133 Å². The molecule has 2 saturated carbocycles. The number of aliphatic hydroxyl groups is 1. The van der Waals surface area contributed by atoms with Crippen molar-refractivity contribution in [2.75, 3.05) is 0 Å². The van der Waals surface area contributed by atoms with Gasteiger partial charge in [0.05, 0.1) is 11.5 Å². The first-order chi connectivity index (χ1) is 10.6. The second kappa shape index (κ2) is 6.54. The van der Waals surface area contributed by atoms with Crippen LogP contribution in [0.15, 0.2) is 30.3 Å². The van der Waals surface area contributed by atoms with Crippen molar-refractivity contribution in [2.24, 2.45) is 17.8 Å². The van der Waals surface area contributed by atoms with E-state index in [0.29, 0.717) is 11.8 Å². The molecule has 3 atom stereocenters. The van der Waals surface area contributed by atoms with Gasteiger partial charge in [-0.25, -0.2) is 0 Å². The van der Waals surface area contributed by atoms with Gasteiger partial charge in [-0.2, -0.15) is 0 Å². The van der Waals surface area contributed by atoms with Gasteiger partial charge in [-0.1, -0.05) is 68.9 Å². The van der Waals surface area contributed by atoms with Crippen LogP contribution in [0, 0.1) is 17.8 Å². The minimum Gasteiger partial charge on any atom is -0.389 e. The second-order valence-electron chi connectivity index (χ2n) is 7.52. The molecule has 2 heteroatoms. The fraction of sp³-hybridized carbons (Fsp3) is 0.650. The molecule has 0 amide bonds. The molecule has 2 fully saturated rings. The number of rotatable bonds is 3. The van der Waals surface area contributed by atoms with Gasteiger partial charge in [0.2, 0.25) is 0 Å². The standard InChI is InChI=1S/C20H28O2/c1-20(22)14-8-13-17(15-9-4-2-5-10-15)18(20)19(21)16-11-6-3-7-12-16/h3,6-7,11-12,15,17-18,22H,2,4-5,8-10,13-14H2,1H3/t17-,18+,20+/m0/s1. The number of hydrogen-bond donors (Lipinski definition) is 1. The third-order valence-corrected chi connectivity index (χ3v) is 5.91. The van der Waals surface area contributed by atoms with E-state index in [4.69, 9.17) is 0 Å². The van der Waals surface area contributed by atoms with Gasteiger partial charge in [-0.15, -0.1) is 0 Å². The number of hydrogen-bond acceptors (Lipinski definition) is 2. The van der Waals surface area contributed by atoms with E-state index in [9.17, 15) is 9.90 Å². The Bertz CT molecular complexity index is 500. The first-order valence-electron chi connectivity index (χ1n) is 8.91. The highest BCUT2D eigenvalue weighted by atomic mass is 16.3. The molecule has 1 aromatic carbocycles. The zero-order valence-corrected chi connectivity index (χ0v) is 13.6. The molecule has 1 N–H and O–H groups in total. The molecular weight excluding hydrogens is 272 g/mol. The summed E-state index contributed by atoms with van der Waals surface area (Å²) in [7, 11) is 0. The maximum atomic E-state index is 13.1. The lowest BCUT2D eigenvalue weighted by Crippen LogP contribution is -2.49. The van der Waals surface area contributed by atoms with E-state index in [2.05, 4.69) is 0 Å². The molecule has 0 bridgehead atoms. The quantitative estimate of drug-likeness (QED) is 0.827. The van der Waals surface area contributed by atoms with Gasteiger partial charge in [-0.3, -0.25) is 4.79 Å². The van der Waals surface area contributed by atoms with Crippen LogP contribution in [0.4, 0.5) is 0 Å². The van der Waals surface area contributed by atoms with E-state index in [-0.39, 0.29) is 11.7 Å². The van der Waals surface area contributed by atoms with Crippen LogP contribution in [-0.4, -0.2) is 16.5 Å². The molecule has 0 unspecified atom stereocenters. The van der Waals surface area contributed by atoms with Crippen LogP contribution in [0.25, 0.3) is 0 Å². The van der Waals surface area contributed by atoms with Gasteiger partial charge in [-0.05, 0) is 31.6 Å². The summed E-state index contributed by atoms with van der Waals surface area (Å²) in [6.45, 7) is 1.88. The van der Waals surface area contributed by atoms with E-state index >= 15 is 0 Å². The summed E-state index contributed by atoms with van der Waals surface area (Å²) in [5.74, 6) is 0.905. The summed E-state index contributed by atoms with van der Waals surface area (Å²) in [6, 6.07) is 9.56. The van der Waals surface area contributed by atoms with Gasteiger partial charge in [0, 0.05) is 5.56 Å².